The number of fused-ring (bicyclic) bond motifs is 1. The summed E-state index contributed by atoms with van der Waals surface area (Å²) in [5.74, 6) is 0. The second-order valence-corrected chi connectivity index (χ2v) is 8.78. The topological polar surface area (TPSA) is 57.6 Å². The minimum absolute atomic E-state index is 0.164. The summed E-state index contributed by atoms with van der Waals surface area (Å²) in [4.78, 5) is 2.36. The van der Waals surface area contributed by atoms with Crippen molar-refractivity contribution < 1.29 is 8.42 Å². The van der Waals surface area contributed by atoms with Gasteiger partial charge >= 0.3 is 0 Å². The highest BCUT2D eigenvalue weighted by Crippen LogP contribution is 2.26. The zero-order valence-corrected chi connectivity index (χ0v) is 16.1. The molecule has 1 atom stereocenters. The minimum Gasteiger partial charge on any atom is -0.348 e. The van der Waals surface area contributed by atoms with Gasteiger partial charge in [-0.15, -0.1) is 0 Å². The maximum atomic E-state index is 12.3. The predicted octanol–water partition coefficient (Wildman–Crippen LogP) is 2.51. The van der Waals surface area contributed by atoms with Crippen molar-refractivity contribution >= 4 is 33.0 Å². The van der Waals surface area contributed by atoms with Crippen molar-refractivity contribution in [3.63, 3.8) is 0 Å². The molecule has 0 amide bonds. The van der Waals surface area contributed by atoms with Crippen molar-refractivity contribution in [2.24, 2.45) is 0 Å². The van der Waals surface area contributed by atoms with Crippen LogP contribution in [0.2, 0.25) is 0 Å². The van der Waals surface area contributed by atoms with E-state index in [1.807, 2.05) is 12.1 Å². The zero-order valence-electron chi connectivity index (χ0n) is 14.5. The first kappa shape index (κ1) is 17.9. The minimum atomic E-state index is -3.47. The summed E-state index contributed by atoms with van der Waals surface area (Å²) in [6.07, 6.45) is 2.08. The molecule has 0 unspecified atom stereocenters. The largest absolute Gasteiger partial charge is 0.348 e. The quantitative estimate of drug-likeness (QED) is 0.832. The summed E-state index contributed by atoms with van der Waals surface area (Å²) in [7, 11) is -0.433. The van der Waals surface area contributed by atoms with E-state index in [-0.39, 0.29) is 10.9 Å². The van der Waals surface area contributed by atoms with E-state index in [0.717, 1.165) is 13.1 Å². The van der Waals surface area contributed by atoms with Gasteiger partial charge in [0.05, 0.1) is 10.9 Å². The normalized spacial score (nSPS) is 17.4. The van der Waals surface area contributed by atoms with Gasteiger partial charge in [-0.2, -0.15) is 0 Å². The van der Waals surface area contributed by atoms with Gasteiger partial charge in [-0.05, 0) is 49.5 Å². The molecular formula is C17H22N4O2S2. The number of benzene rings is 1. The lowest BCUT2D eigenvalue weighted by Crippen LogP contribution is -2.42. The second kappa shape index (κ2) is 6.78. The first-order chi connectivity index (χ1) is 11.8. The molecule has 0 fully saturated rings. The Labute approximate surface area is 154 Å². The van der Waals surface area contributed by atoms with Gasteiger partial charge in [-0.3, -0.25) is 0 Å². The van der Waals surface area contributed by atoms with Gasteiger partial charge in [0.15, 0.2) is 5.11 Å². The average molecular weight is 379 g/mol. The molecule has 1 aliphatic heterocycles. The SMILES string of the molecule is C[C@@H]1c2cccn2CCN1C(=S)Nc1cccc(S(=O)(=O)N(C)C)c1. The third kappa shape index (κ3) is 3.42. The van der Waals surface area contributed by atoms with Crippen LogP contribution in [0.3, 0.4) is 0 Å². The van der Waals surface area contributed by atoms with Crippen LogP contribution in [0.4, 0.5) is 5.69 Å². The Bertz CT molecular complexity index is 890. The third-order valence-electron chi connectivity index (χ3n) is 4.47. The molecule has 0 saturated heterocycles. The van der Waals surface area contributed by atoms with Crippen LogP contribution >= 0.6 is 12.2 Å². The fraction of sp³-hybridized carbons (Fsp3) is 0.353. The van der Waals surface area contributed by atoms with Gasteiger partial charge in [-0.1, -0.05) is 6.07 Å². The third-order valence-corrected chi connectivity index (χ3v) is 6.61. The van der Waals surface area contributed by atoms with Gasteiger partial charge in [0.2, 0.25) is 10.0 Å². The van der Waals surface area contributed by atoms with Crippen molar-refractivity contribution in [1.29, 1.82) is 0 Å². The fourth-order valence-corrected chi connectivity index (χ4v) is 4.31. The van der Waals surface area contributed by atoms with Gasteiger partial charge in [-0.25, -0.2) is 12.7 Å². The lowest BCUT2D eigenvalue weighted by atomic mass is 10.1. The van der Waals surface area contributed by atoms with Crippen LogP contribution in [0.5, 0.6) is 0 Å². The van der Waals surface area contributed by atoms with E-state index in [0.29, 0.717) is 10.8 Å². The number of nitrogens with zero attached hydrogens (tertiary/aromatic N) is 3. The molecule has 1 aromatic carbocycles. The Hall–Kier alpha value is -1.90. The monoisotopic (exact) mass is 378 g/mol. The predicted molar refractivity (Wildman–Crippen MR) is 103 cm³/mol. The number of hydrogen-bond acceptors (Lipinski definition) is 3. The Kier molecular flexibility index (Phi) is 4.86. The summed E-state index contributed by atoms with van der Waals surface area (Å²) >= 11 is 5.57. The molecule has 1 N–H and O–H groups in total. The highest BCUT2D eigenvalue weighted by Gasteiger charge is 2.25. The van der Waals surface area contributed by atoms with Gasteiger partial charge < -0.3 is 14.8 Å². The summed E-state index contributed by atoms with van der Waals surface area (Å²) < 4.78 is 28.0. The molecule has 1 aromatic heterocycles. The van der Waals surface area contributed by atoms with E-state index in [1.54, 1.807) is 18.2 Å². The van der Waals surface area contributed by atoms with Gasteiger partial charge in [0, 0.05) is 44.8 Å². The molecule has 0 saturated carbocycles. The fourth-order valence-electron chi connectivity index (χ4n) is 3.00. The number of thiocarbonyl (C=S) groups is 1. The molecule has 3 rings (SSSR count). The van der Waals surface area contributed by atoms with Crippen LogP contribution in [0.25, 0.3) is 0 Å². The molecule has 0 bridgehead atoms. The zero-order chi connectivity index (χ0) is 18.2. The Morgan fingerprint density at radius 1 is 1.24 bits per heavy atom. The molecule has 0 radical (unpaired) electrons. The molecule has 134 valence electrons. The maximum absolute atomic E-state index is 12.3. The van der Waals surface area contributed by atoms with Crippen LogP contribution in [0, 0.1) is 0 Å². The smallest absolute Gasteiger partial charge is 0.242 e. The summed E-state index contributed by atoms with van der Waals surface area (Å²) in [5, 5.41) is 3.78. The molecule has 6 nitrogen and oxygen atoms in total. The van der Waals surface area contributed by atoms with Crippen molar-refractivity contribution in [3.8, 4) is 0 Å². The van der Waals surface area contributed by atoms with Crippen molar-refractivity contribution in [2.45, 2.75) is 24.4 Å². The number of aromatic nitrogens is 1. The van der Waals surface area contributed by atoms with E-state index in [9.17, 15) is 8.42 Å². The second-order valence-electron chi connectivity index (χ2n) is 6.24. The van der Waals surface area contributed by atoms with E-state index in [4.69, 9.17) is 12.2 Å². The van der Waals surface area contributed by atoms with Crippen LogP contribution in [0.1, 0.15) is 18.7 Å². The van der Waals surface area contributed by atoms with E-state index < -0.39 is 10.0 Å². The van der Waals surface area contributed by atoms with Crippen molar-refractivity contribution in [3.05, 3.63) is 48.3 Å². The van der Waals surface area contributed by atoms with E-state index in [1.165, 1.54) is 24.1 Å². The van der Waals surface area contributed by atoms with Crippen LogP contribution in [-0.4, -0.2) is 47.9 Å². The number of hydrogen-bond donors (Lipinski definition) is 1. The first-order valence-electron chi connectivity index (χ1n) is 8.06. The molecule has 25 heavy (non-hydrogen) atoms. The number of sulfonamides is 1. The number of nitrogens with one attached hydrogen (secondary N) is 1. The molecule has 8 heteroatoms. The van der Waals surface area contributed by atoms with Crippen molar-refractivity contribution in [1.82, 2.24) is 13.8 Å². The summed E-state index contributed by atoms with van der Waals surface area (Å²) in [6, 6.07) is 11.0. The Morgan fingerprint density at radius 2 is 2.00 bits per heavy atom. The summed E-state index contributed by atoms with van der Waals surface area (Å²) in [5.41, 5.74) is 1.89. The highest BCUT2D eigenvalue weighted by atomic mass is 32.2. The Balaban J connectivity index is 1.78. The summed E-state index contributed by atoms with van der Waals surface area (Å²) in [6.45, 7) is 3.81. The van der Waals surface area contributed by atoms with Crippen LogP contribution in [-0.2, 0) is 16.6 Å². The average Bonchev–Trinajstić information content (AvgIpc) is 3.04. The lowest BCUT2D eigenvalue weighted by Gasteiger charge is -2.36. The van der Waals surface area contributed by atoms with Gasteiger partial charge in [0.1, 0.15) is 0 Å². The molecular weight excluding hydrogens is 356 g/mol. The lowest BCUT2D eigenvalue weighted by molar-refractivity contribution is 0.276. The van der Waals surface area contributed by atoms with Gasteiger partial charge in [0.25, 0.3) is 0 Å². The van der Waals surface area contributed by atoms with E-state index in [2.05, 4.69) is 34.0 Å². The Morgan fingerprint density at radius 3 is 2.72 bits per heavy atom. The maximum Gasteiger partial charge on any atom is 0.242 e. The van der Waals surface area contributed by atoms with Crippen LogP contribution < -0.4 is 5.32 Å². The van der Waals surface area contributed by atoms with E-state index >= 15 is 0 Å². The standard InChI is InChI=1S/C17H22N4O2S2/c1-13-16-8-5-9-20(16)10-11-21(13)17(24)18-14-6-4-7-15(12-14)25(22,23)19(2)3/h4-9,12-13H,10-11H2,1-3H3,(H,18,24)/t13-/m1/s1. The van der Waals surface area contributed by atoms with Crippen molar-refractivity contribution in [2.75, 3.05) is 26.0 Å². The number of anilines is 1. The number of rotatable bonds is 3. The van der Waals surface area contributed by atoms with Crippen LogP contribution in [0.15, 0.2) is 47.5 Å². The highest BCUT2D eigenvalue weighted by molar-refractivity contribution is 7.89. The molecule has 1 aliphatic rings. The molecule has 0 aliphatic carbocycles. The first-order valence-corrected chi connectivity index (χ1v) is 9.91. The molecule has 2 aromatic rings. The molecule has 0 spiro atoms. The molecule has 2 heterocycles.